The van der Waals surface area contributed by atoms with Crippen molar-refractivity contribution in [3.8, 4) is 5.75 Å². The summed E-state index contributed by atoms with van der Waals surface area (Å²) in [5.41, 5.74) is 1.18. The van der Waals surface area contributed by atoms with Gasteiger partial charge in [0.25, 0.3) is 0 Å². The van der Waals surface area contributed by atoms with E-state index in [1.54, 1.807) is 18.4 Å². The number of carbonyl (C=O) groups excluding carboxylic acids is 1. The molecular formula is C23H31N3O3S. The number of anilines is 1. The molecule has 1 unspecified atom stereocenters. The third-order valence-electron chi connectivity index (χ3n) is 5.87. The van der Waals surface area contributed by atoms with Gasteiger partial charge in [-0.1, -0.05) is 6.07 Å². The van der Waals surface area contributed by atoms with E-state index in [4.69, 9.17) is 9.47 Å². The maximum atomic E-state index is 13.0. The molecule has 162 valence electrons. The number of carbonyl (C=O) groups is 1. The van der Waals surface area contributed by atoms with E-state index in [1.807, 2.05) is 17.0 Å². The minimum absolute atomic E-state index is 0.221. The van der Waals surface area contributed by atoms with E-state index in [9.17, 15) is 4.79 Å². The lowest BCUT2D eigenvalue weighted by Crippen LogP contribution is -2.51. The molecule has 0 bridgehead atoms. The van der Waals surface area contributed by atoms with Crippen molar-refractivity contribution in [2.75, 3.05) is 57.9 Å². The van der Waals surface area contributed by atoms with Crippen molar-refractivity contribution in [1.82, 2.24) is 9.80 Å². The molecule has 1 amide bonds. The summed E-state index contributed by atoms with van der Waals surface area (Å²) in [7, 11) is 1.68. The van der Waals surface area contributed by atoms with E-state index in [0.717, 1.165) is 64.5 Å². The molecule has 1 atom stereocenters. The quantitative estimate of drug-likeness (QED) is 0.645. The fourth-order valence-electron chi connectivity index (χ4n) is 4.18. The maximum Gasteiger partial charge on any atom is 0.236 e. The molecule has 0 N–H and O–H groups in total. The molecule has 7 heteroatoms. The van der Waals surface area contributed by atoms with Crippen LogP contribution in [0, 0.1) is 0 Å². The molecule has 3 heterocycles. The van der Waals surface area contributed by atoms with Gasteiger partial charge in [-0.3, -0.25) is 9.69 Å². The van der Waals surface area contributed by atoms with Crippen molar-refractivity contribution in [1.29, 1.82) is 0 Å². The van der Waals surface area contributed by atoms with Gasteiger partial charge in [-0.25, -0.2) is 0 Å². The Labute approximate surface area is 183 Å². The van der Waals surface area contributed by atoms with Gasteiger partial charge in [0.1, 0.15) is 5.75 Å². The highest BCUT2D eigenvalue weighted by Crippen LogP contribution is 2.21. The van der Waals surface area contributed by atoms with E-state index >= 15 is 0 Å². The Morgan fingerprint density at radius 2 is 2.00 bits per heavy atom. The lowest BCUT2D eigenvalue weighted by atomic mass is 10.2. The number of benzene rings is 1. The number of thiophene rings is 1. The van der Waals surface area contributed by atoms with Gasteiger partial charge in [0, 0.05) is 56.4 Å². The second-order valence-corrected chi connectivity index (χ2v) is 8.98. The molecule has 30 heavy (non-hydrogen) atoms. The second-order valence-electron chi connectivity index (χ2n) is 7.95. The fraction of sp³-hybridized carbons (Fsp3) is 0.522. The van der Waals surface area contributed by atoms with Crippen molar-refractivity contribution < 1.29 is 14.3 Å². The van der Waals surface area contributed by atoms with Gasteiger partial charge in [-0.2, -0.15) is 0 Å². The molecule has 1 aromatic carbocycles. The van der Waals surface area contributed by atoms with Gasteiger partial charge in [-0.05, 0) is 48.6 Å². The number of hydrogen-bond acceptors (Lipinski definition) is 6. The summed E-state index contributed by atoms with van der Waals surface area (Å²) in [5.74, 6) is 1.09. The zero-order valence-corrected chi connectivity index (χ0v) is 18.5. The van der Waals surface area contributed by atoms with Crippen LogP contribution < -0.4 is 9.64 Å². The Morgan fingerprint density at radius 3 is 2.63 bits per heavy atom. The maximum absolute atomic E-state index is 13.0. The second kappa shape index (κ2) is 10.3. The van der Waals surface area contributed by atoms with Gasteiger partial charge in [0.2, 0.25) is 5.91 Å². The van der Waals surface area contributed by atoms with E-state index in [0.29, 0.717) is 6.54 Å². The van der Waals surface area contributed by atoms with Gasteiger partial charge >= 0.3 is 0 Å². The number of hydrogen-bond donors (Lipinski definition) is 0. The van der Waals surface area contributed by atoms with Gasteiger partial charge in [0.05, 0.1) is 19.8 Å². The number of piperazine rings is 1. The van der Waals surface area contributed by atoms with Crippen LogP contribution in [0.15, 0.2) is 41.8 Å². The molecule has 2 fully saturated rings. The highest BCUT2D eigenvalue weighted by Gasteiger charge is 2.25. The highest BCUT2D eigenvalue weighted by atomic mass is 32.1. The van der Waals surface area contributed by atoms with Crippen LogP contribution >= 0.6 is 11.3 Å². The molecule has 2 aliphatic rings. The normalized spacial score (nSPS) is 19.5. The van der Waals surface area contributed by atoms with E-state index in [1.165, 1.54) is 10.6 Å². The largest absolute Gasteiger partial charge is 0.497 e. The average Bonchev–Trinajstić information content (AvgIpc) is 3.48. The monoisotopic (exact) mass is 429 g/mol. The molecule has 0 radical (unpaired) electrons. The molecule has 6 nitrogen and oxygen atoms in total. The number of amides is 1. The van der Waals surface area contributed by atoms with Crippen molar-refractivity contribution in [2.24, 2.45) is 0 Å². The summed E-state index contributed by atoms with van der Waals surface area (Å²) in [4.78, 5) is 21.0. The summed E-state index contributed by atoms with van der Waals surface area (Å²) in [6, 6.07) is 12.4. The molecular weight excluding hydrogens is 398 g/mol. The lowest BCUT2D eigenvalue weighted by Gasteiger charge is -2.37. The van der Waals surface area contributed by atoms with Crippen LogP contribution in [-0.4, -0.2) is 74.8 Å². The first-order valence-electron chi connectivity index (χ1n) is 10.7. The minimum atomic E-state index is 0.221. The Morgan fingerprint density at radius 1 is 1.20 bits per heavy atom. The van der Waals surface area contributed by atoms with E-state index in [2.05, 4.69) is 39.4 Å². The number of rotatable bonds is 8. The summed E-state index contributed by atoms with van der Waals surface area (Å²) >= 11 is 1.75. The standard InChI is InChI=1S/C23H31N3O3S/c1-28-20-8-6-19(7-9-20)25-10-12-26(13-11-25)23(27)18-24(16-21-4-2-14-29-21)17-22-5-3-15-30-22/h3,5-9,15,21H,2,4,10-14,16-18H2,1H3. The van der Waals surface area contributed by atoms with E-state index < -0.39 is 0 Å². The Kier molecular flexibility index (Phi) is 7.25. The van der Waals surface area contributed by atoms with Crippen molar-refractivity contribution in [2.45, 2.75) is 25.5 Å². The molecule has 2 aromatic rings. The molecule has 0 spiro atoms. The summed E-state index contributed by atoms with van der Waals surface area (Å²) < 4.78 is 11.1. The van der Waals surface area contributed by atoms with Gasteiger partial charge in [0.15, 0.2) is 0 Å². The first-order valence-corrected chi connectivity index (χ1v) is 11.6. The zero-order valence-electron chi connectivity index (χ0n) is 17.7. The predicted molar refractivity (Wildman–Crippen MR) is 120 cm³/mol. The minimum Gasteiger partial charge on any atom is -0.497 e. The van der Waals surface area contributed by atoms with Crippen molar-refractivity contribution >= 4 is 22.9 Å². The summed E-state index contributed by atoms with van der Waals surface area (Å²) in [5, 5.41) is 2.10. The first-order chi connectivity index (χ1) is 14.7. The SMILES string of the molecule is COc1ccc(N2CCN(C(=O)CN(Cc3cccs3)CC3CCCO3)CC2)cc1. The van der Waals surface area contributed by atoms with E-state index in [-0.39, 0.29) is 12.0 Å². The summed E-state index contributed by atoms with van der Waals surface area (Å²) in [6.07, 6.45) is 2.47. The topological polar surface area (TPSA) is 45.2 Å². The Bertz CT molecular complexity index is 783. The van der Waals surface area contributed by atoms with Gasteiger partial charge < -0.3 is 19.3 Å². The van der Waals surface area contributed by atoms with Crippen LogP contribution in [0.5, 0.6) is 5.75 Å². The number of ether oxygens (including phenoxy) is 2. The Balaban J connectivity index is 1.31. The zero-order chi connectivity index (χ0) is 20.8. The van der Waals surface area contributed by atoms with Crippen LogP contribution in [0.1, 0.15) is 17.7 Å². The van der Waals surface area contributed by atoms with Crippen molar-refractivity contribution in [3.63, 3.8) is 0 Å². The third-order valence-corrected chi connectivity index (χ3v) is 6.74. The molecule has 0 aliphatic carbocycles. The molecule has 1 aromatic heterocycles. The lowest BCUT2D eigenvalue weighted by molar-refractivity contribution is -0.133. The number of methoxy groups -OCH3 is 1. The van der Waals surface area contributed by atoms with Crippen LogP contribution in [0.3, 0.4) is 0 Å². The summed E-state index contributed by atoms with van der Waals surface area (Å²) in [6.45, 7) is 6.18. The first kappa shape index (κ1) is 21.2. The Hall–Kier alpha value is -2.09. The average molecular weight is 430 g/mol. The highest BCUT2D eigenvalue weighted by molar-refractivity contribution is 7.09. The van der Waals surface area contributed by atoms with Crippen molar-refractivity contribution in [3.05, 3.63) is 46.7 Å². The smallest absolute Gasteiger partial charge is 0.236 e. The molecule has 0 saturated carbocycles. The molecule has 2 saturated heterocycles. The predicted octanol–water partition coefficient (Wildman–Crippen LogP) is 3.09. The van der Waals surface area contributed by atoms with Crippen LogP contribution in [0.25, 0.3) is 0 Å². The molecule has 2 aliphatic heterocycles. The molecule has 4 rings (SSSR count). The van der Waals surface area contributed by atoms with Crippen LogP contribution in [-0.2, 0) is 16.1 Å². The third kappa shape index (κ3) is 5.53. The van der Waals surface area contributed by atoms with Crippen LogP contribution in [0.2, 0.25) is 0 Å². The van der Waals surface area contributed by atoms with Gasteiger partial charge in [-0.15, -0.1) is 11.3 Å². The van der Waals surface area contributed by atoms with Crippen LogP contribution in [0.4, 0.5) is 5.69 Å². The fourth-order valence-corrected chi connectivity index (χ4v) is 4.93. The number of nitrogens with zero attached hydrogens (tertiary/aromatic N) is 3.